The molecule has 0 atom stereocenters. The van der Waals surface area contributed by atoms with Crippen molar-refractivity contribution in [1.29, 1.82) is 0 Å². The van der Waals surface area contributed by atoms with E-state index in [-0.39, 0.29) is 0 Å². The normalized spacial score (nSPS) is 12.8. The van der Waals surface area contributed by atoms with Gasteiger partial charge in [-0.05, 0) is 25.3 Å². The number of benzene rings is 1. The van der Waals surface area contributed by atoms with E-state index in [1.165, 1.54) is 12.1 Å². The third-order valence-electron chi connectivity index (χ3n) is 2.80. The van der Waals surface area contributed by atoms with Gasteiger partial charge in [-0.3, -0.25) is 0 Å². The van der Waals surface area contributed by atoms with E-state index >= 15 is 0 Å². The third kappa shape index (κ3) is 6.83. The van der Waals surface area contributed by atoms with E-state index in [9.17, 15) is 13.2 Å². The van der Waals surface area contributed by atoms with Crippen LogP contribution in [0.15, 0.2) is 36.4 Å². The molecule has 0 aliphatic rings. The second-order valence-corrected chi connectivity index (χ2v) is 6.66. The molecule has 5 heteroatoms. The zero-order valence-electron chi connectivity index (χ0n) is 10.7. The zero-order chi connectivity index (χ0) is 14.1. The summed E-state index contributed by atoms with van der Waals surface area (Å²) in [5.41, 5.74) is -0.568. The van der Waals surface area contributed by atoms with E-state index in [2.05, 4.69) is 12.2 Å². The lowest BCUT2D eigenvalue weighted by Gasteiger charge is -2.06. The molecule has 0 nitrogen and oxygen atoms in total. The van der Waals surface area contributed by atoms with Gasteiger partial charge in [0.15, 0.2) is 0 Å². The van der Waals surface area contributed by atoms with Gasteiger partial charge in [-0.15, -0.1) is 11.6 Å². The van der Waals surface area contributed by atoms with Crippen LogP contribution in [0.3, 0.4) is 0 Å². The molecule has 19 heavy (non-hydrogen) atoms. The van der Waals surface area contributed by atoms with Crippen molar-refractivity contribution >= 4 is 26.3 Å². The summed E-state index contributed by atoms with van der Waals surface area (Å²) >= 11 is 5.57. The van der Waals surface area contributed by atoms with E-state index in [1.54, 1.807) is 12.1 Å². The molecule has 0 aromatic heterocycles. The predicted molar refractivity (Wildman–Crippen MR) is 78.1 cm³/mol. The van der Waals surface area contributed by atoms with Crippen LogP contribution in [-0.2, 0) is 6.18 Å². The van der Waals surface area contributed by atoms with Crippen LogP contribution >= 0.6 is 11.6 Å². The summed E-state index contributed by atoms with van der Waals surface area (Å²) in [5.74, 6) is 0.703. The summed E-state index contributed by atoms with van der Waals surface area (Å²) < 4.78 is 37.1. The van der Waals surface area contributed by atoms with Gasteiger partial charge in [0, 0.05) is 5.88 Å². The van der Waals surface area contributed by atoms with E-state index in [4.69, 9.17) is 11.6 Å². The van der Waals surface area contributed by atoms with E-state index in [0.717, 1.165) is 30.5 Å². The Morgan fingerprint density at radius 2 is 1.74 bits per heavy atom. The number of allylic oxidation sites excluding steroid dienone is 2. The van der Waals surface area contributed by atoms with Crippen LogP contribution in [0.4, 0.5) is 13.2 Å². The summed E-state index contributed by atoms with van der Waals surface area (Å²) in [4.78, 5) is 0. The van der Waals surface area contributed by atoms with Crippen LogP contribution in [0, 0.1) is 0 Å². The SMILES string of the molecule is FC(F)(F)c1ccc([SiH2]CC=CCCCCCl)cc1. The molecule has 0 spiro atoms. The number of hydrogen-bond acceptors (Lipinski definition) is 0. The summed E-state index contributed by atoms with van der Waals surface area (Å²) in [6.45, 7) is 0. The van der Waals surface area contributed by atoms with Crippen molar-refractivity contribution in [2.75, 3.05) is 5.88 Å². The fraction of sp³-hybridized carbons (Fsp3) is 0.429. The number of hydrogen-bond donors (Lipinski definition) is 0. The largest absolute Gasteiger partial charge is 0.416 e. The van der Waals surface area contributed by atoms with Gasteiger partial charge in [0.25, 0.3) is 0 Å². The van der Waals surface area contributed by atoms with Gasteiger partial charge in [0.05, 0.1) is 15.1 Å². The maximum atomic E-state index is 12.4. The molecule has 0 amide bonds. The van der Waals surface area contributed by atoms with Crippen molar-refractivity contribution < 1.29 is 13.2 Å². The predicted octanol–water partition coefficient (Wildman–Crippen LogP) is 3.88. The molecule has 1 aromatic rings. The van der Waals surface area contributed by atoms with Gasteiger partial charge in [0.1, 0.15) is 0 Å². The van der Waals surface area contributed by atoms with Crippen molar-refractivity contribution in [2.24, 2.45) is 0 Å². The third-order valence-corrected chi connectivity index (χ3v) is 4.74. The van der Waals surface area contributed by atoms with Crippen molar-refractivity contribution in [3.05, 3.63) is 42.0 Å². The van der Waals surface area contributed by atoms with E-state index < -0.39 is 21.3 Å². The van der Waals surface area contributed by atoms with Crippen LogP contribution in [0.2, 0.25) is 6.04 Å². The van der Waals surface area contributed by atoms with Gasteiger partial charge < -0.3 is 0 Å². The van der Waals surface area contributed by atoms with Crippen molar-refractivity contribution in [3.8, 4) is 0 Å². The topological polar surface area (TPSA) is 0 Å². The Morgan fingerprint density at radius 3 is 2.32 bits per heavy atom. The van der Waals surface area contributed by atoms with Crippen LogP contribution in [0.25, 0.3) is 0 Å². The van der Waals surface area contributed by atoms with E-state index in [1.807, 2.05) is 0 Å². The summed E-state index contributed by atoms with van der Waals surface area (Å²) in [6, 6.07) is 6.55. The first-order valence-corrected chi connectivity index (χ1v) is 8.65. The Bertz CT molecular complexity index is 385. The molecule has 0 fully saturated rings. The Hall–Kier alpha value is -0.743. The molecule has 0 saturated carbocycles. The number of unbranched alkanes of at least 4 members (excludes halogenated alkanes) is 2. The molecule has 0 N–H and O–H groups in total. The molecule has 0 unspecified atom stereocenters. The van der Waals surface area contributed by atoms with Gasteiger partial charge in [-0.1, -0.05) is 41.6 Å². The summed E-state index contributed by atoms with van der Waals surface area (Å²) in [6.07, 6.45) is 3.21. The first-order valence-electron chi connectivity index (χ1n) is 6.41. The fourth-order valence-corrected chi connectivity index (χ4v) is 3.20. The molecular formula is C14H18ClF3Si. The standard InChI is InChI=1S/C14H18ClF3Si/c15-10-4-2-1-3-5-11-19-13-8-6-12(7-9-13)14(16,17)18/h3,5-9H,1-2,4,10-11,19H2. The Labute approximate surface area is 119 Å². The number of alkyl halides is 4. The highest BCUT2D eigenvalue weighted by Gasteiger charge is 2.29. The lowest BCUT2D eigenvalue weighted by Crippen LogP contribution is -2.14. The summed E-state index contributed by atoms with van der Waals surface area (Å²) in [5, 5.41) is 1.07. The second-order valence-electron chi connectivity index (χ2n) is 4.39. The molecular weight excluding hydrogens is 289 g/mol. The molecule has 1 aromatic carbocycles. The monoisotopic (exact) mass is 306 g/mol. The van der Waals surface area contributed by atoms with Crippen LogP contribution in [-0.4, -0.2) is 15.4 Å². The molecule has 0 heterocycles. The van der Waals surface area contributed by atoms with Gasteiger partial charge in [-0.2, -0.15) is 13.2 Å². The Balaban J connectivity index is 2.30. The van der Waals surface area contributed by atoms with Crippen molar-refractivity contribution in [2.45, 2.75) is 31.5 Å². The smallest absolute Gasteiger partial charge is 0.166 e. The molecule has 0 aliphatic heterocycles. The molecule has 0 bridgehead atoms. The first-order chi connectivity index (χ1) is 9.04. The minimum atomic E-state index is -4.23. The minimum absolute atomic E-state index is 0.491. The first kappa shape index (κ1) is 16.3. The van der Waals surface area contributed by atoms with Crippen molar-refractivity contribution in [1.82, 2.24) is 0 Å². The molecule has 1 rings (SSSR count). The average Bonchev–Trinajstić information content (AvgIpc) is 2.37. The highest BCUT2D eigenvalue weighted by molar-refractivity contribution is 6.53. The van der Waals surface area contributed by atoms with Crippen LogP contribution < -0.4 is 5.19 Å². The lowest BCUT2D eigenvalue weighted by atomic mass is 10.2. The van der Waals surface area contributed by atoms with Crippen LogP contribution in [0.5, 0.6) is 0 Å². The highest BCUT2D eigenvalue weighted by atomic mass is 35.5. The van der Waals surface area contributed by atoms with Gasteiger partial charge in [0.2, 0.25) is 0 Å². The Kier molecular flexibility index (Phi) is 7.24. The highest BCUT2D eigenvalue weighted by Crippen LogP contribution is 2.28. The van der Waals surface area contributed by atoms with E-state index in [0.29, 0.717) is 5.88 Å². The number of rotatable bonds is 7. The fourth-order valence-electron chi connectivity index (χ4n) is 1.70. The maximum absolute atomic E-state index is 12.4. The van der Waals surface area contributed by atoms with Gasteiger partial charge >= 0.3 is 6.18 Å². The summed E-state index contributed by atoms with van der Waals surface area (Å²) in [7, 11) is -0.491. The zero-order valence-corrected chi connectivity index (χ0v) is 12.9. The average molecular weight is 307 g/mol. The molecule has 106 valence electrons. The number of halogens is 4. The lowest BCUT2D eigenvalue weighted by molar-refractivity contribution is -0.137. The molecule has 0 radical (unpaired) electrons. The maximum Gasteiger partial charge on any atom is 0.416 e. The quantitative estimate of drug-likeness (QED) is 0.310. The minimum Gasteiger partial charge on any atom is -0.166 e. The van der Waals surface area contributed by atoms with Crippen molar-refractivity contribution in [3.63, 3.8) is 0 Å². The molecule has 0 aliphatic carbocycles. The Morgan fingerprint density at radius 1 is 1.05 bits per heavy atom. The van der Waals surface area contributed by atoms with Gasteiger partial charge in [-0.25, -0.2) is 0 Å². The molecule has 0 saturated heterocycles. The van der Waals surface area contributed by atoms with Crippen LogP contribution in [0.1, 0.15) is 24.8 Å². The second kappa shape index (κ2) is 8.43.